The minimum Gasteiger partial charge on any atom is -0.409 e. The van der Waals surface area contributed by atoms with Gasteiger partial charge in [-0.3, -0.25) is 4.98 Å². The Morgan fingerprint density at radius 3 is 2.85 bits per heavy atom. The van der Waals surface area contributed by atoms with Crippen LogP contribution in [0.25, 0.3) is 0 Å². The van der Waals surface area contributed by atoms with Gasteiger partial charge < -0.3 is 16.3 Å². The Balaban J connectivity index is 2.67. The standard InChI is InChI=1S/C15H26N4O/c1-3-5-9-13(7-4-2)18-11-12-8-6-10-17-14(12)15(16)19-20/h6,8,10,13,18,20H,3-5,7,9,11H2,1-2H3,(H2,16,19). The summed E-state index contributed by atoms with van der Waals surface area (Å²) in [6, 6.07) is 4.34. The van der Waals surface area contributed by atoms with Gasteiger partial charge in [0, 0.05) is 18.8 Å². The van der Waals surface area contributed by atoms with Gasteiger partial charge >= 0.3 is 0 Å². The average Bonchev–Trinajstić information content (AvgIpc) is 2.49. The van der Waals surface area contributed by atoms with Gasteiger partial charge in [0.25, 0.3) is 0 Å². The number of unbranched alkanes of at least 4 members (excludes halogenated alkanes) is 1. The van der Waals surface area contributed by atoms with E-state index < -0.39 is 0 Å². The van der Waals surface area contributed by atoms with E-state index in [0.717, 1.165) is 5.56 Å². The average molecular weight is 278 g/mol. The highest BCUT2D eigenvalue weighted by Gasteiger charge is 2.11. The van der Waals surface area contributed by atoms with E-state index in [1.165, 1.54) is 32.1 Å². The summed E-state index contributed by atoms with van der Waals surface area (Å²) in [5.74, 6) is 0.0583. The van der Waals surface area contributed by atoms with E-state index in [2.05, 4.69) is 29.3 Å². The molecule has 0 aliphatic heterocycles. The van der Waals surface area contributed by atoms with Crippen LogP contribution in [0.15, 0.2) is 23.5 Å². The molecule has 0 fully saturated rings. The van der Waals surface area contributed by atoms with Crippen LogP contribution in [0.5, 0.6) is 0 Å². The van der Waals surface area contributed by atoms with Crippen molar-refractivity contribution in [1.82, 2.24) is 10.3 Å². The smallest absolute Gasteiger partial charge is 0.189 e. The van der Waals surface area contributed by atoms with Crippen LogP contribution >= 0.6 is 0 Å². The molecule has 0 aliphatic carbocycles. The molecule has 5 heteroatoms. The summed E-state index contributed by atoms with van der Waals surface area (Å²) in [6.45, 7) is 5.10. The number of oxime groups is 1. The number of hydrogen-bond acceptors (Lipinski definition) is 4. The number of aromatic nitrogens is 1. The van der Waals surface area contributed by atoms with Crippen LogP contribution in [-0.4, -0.2) is 22.1 Å². The lowest BCUT2D eigenvalue weighted by Gasteiger charge is -2.18. The SMILES string of the molecule is CCCCC(CCC)NCc1cccnc1/C(N)=N/O. The summed E-state index contributed by atoms with van der Waals surface area (Å²) in [5, 5.41) is 15.4. The zero-order valence-corrected chi connectivity index (χ0v) is 12.5. The molecular weight excluding hydrogens is 252 g/mol. The van der Waals surface area contributed by atoms with Crippen LogP contribution in [0.2, 0.25) is 0 Å². The Kier molecular flexibility index (Phi) is 7.65. The molecule has 1 aromatic rings. The van der Waals surface area contributed by atoms with E-state index in [1.807, 2.05) is 12.1 Å². The highest BCUT2D eigenvalue weighted by atomic mass is 16.4. The third kappa shape index (κ3) is 5.17. The minimum absolute atomic E-state index is 0.0583. The molecule has 0 radical (unpaired) electrons. The Hall–Kier alpha value is -1.62. The fourth-order valence-corrected chi connectivity index (χ4v) is 2.26. The molecule has 0 spiro atoms. The molecule has 0 bridgehead atoms. The van der Waals surface area contributed by atoms with Crippen molar-refractivity contribution in [2.45, 2.75) is 58.5 Å². The van der Waals surface area contributed by atoms with E-state index in [-0.39, 0.29) is 5.84 Å². The summed E-state index contributed by atoms with van der Waals surface area (Å²) in [6.07, 6.45) is 7.61. The van der Waals surface area contributed by atoms with Gasteiger partial charge in [0.2, 0.25) is 0 Å². The minimum atomic E-state index is 0.0583. The highest BCUT2D eigenvalue weighted by Crippen LogP contribution is 2.10. The lowest BCUT2D eigenvalue weighted by Crippen LogP contribution is -2.30. The molecule has 0 aliphatic rings. The van der Waals surface area contributed by atoms with Crippen LogP contribution in [0.1, 0.15) is 57.2 Å². The Bertz CT molecular complexity index is 420. The predicted molar refractivity (Wildman–Crippen MR) is 81.8 cm³/mol. The predicted octanol–water partition coefficient (Wildman–Crippen LogP) is 2.62. The van der Waals surface area contributed by atoms with Gasteiger partial charge in [0.1, 0.15) is 5.69 Å². The number of rotatable bonds is 9. The number of nitrogens with two attached hydrogens (primary N) is 1. The molecule has 1 unspecified atom stereocenters. The van der Waals surface area contributed by atoms with Gasteiger partial charge in [-0.2, -0.15) is 0 Å². The molecule has 0 aromatic carbocycles. The summed E-state index contributed by atoms with van der Waals surface area (Å²) >= 11 is 0. The third-order valence-corrected chi connectivity index (χ3v) is 3.37. The van der Waals surface area contributed by atoms with Crippen LogP contribution in [0, 0.1) is 0 Å². The summed E-state index contributed by atoms with van der Waals surface area (Å²) < 4.78 is 0. The van der Waals surface area contributed by atoms with Crippen LogP contribution < -0.4 is 11.1 Å². The molecule has 1 heterocycles. The summed E-state index contributed by atoms with van der Waals surface area (Å²) in [4.78, 5) is 4.18. The largest absolute Gasteiger partial charge is 0.409 e. The van der Waals surface area contributed by atoms with Crippen molar-refractivity contribution in [3.05, 3.63) is 29.6 Å². The topological polar surface area (TPSA) is 83.5 Å². The van der Waals surface area contributed by atoms with Crippen LogP contribution in [0.4, 0.5) is 0 Å². The fourth-order valence-electron chi connectivity index (χ4n) is 2.26. The van der Waals surface area contributed by atoms with Crippen LogP contribution in [-0.2, 0) is 6.54 Å². The zero-order valence-electron chi connectivity index (χ0n) is 12.5. The Labute approximate surface area is 121 Å². The van der Waals surface area contributed by atoms with E-state index >= 15 is 0 Å². The van der Waals surface area contributed by atoms with Crippen molar-refractivity contribution in [1.29, 1.82) is 0 Å². The van der Waals surface area contributed by atoms with Gasteiger partial charge in [-0.25, -0.2) is 0 Å². The monoisotopic (exact) mass is 278 g/mol. The molecule has 112 valence electrons. The van der Waals surface area contributed by atoms with Crippen molar-refractivity contribution in [2.75, 3.05) is 0 Å². The normalized spacial score (nSPS) is 13.4. The number of nitrogens with one attached hydrogen (secondary N) is 1. The molecule has 20 heavy (non-hydrogen) atoms. The van der Waals surface area contributed by atoms with Crippen molar-refractivity contribution in [2.24, 2.45) is 10.9 Å². The van der Waals surface area contributed by atoms with Crippen LogP contribution in [0.3, 0.4) is 0 Å². The first-order chi connectivity index (χ1) is 9.72. The molecule has 1 atom stereocenters. The van der Waals surface area contributed by atoms with Gasteiger partial charge in [0.15, 0.2) is 5.84 Å². The second-order valence-corrected chi connectivity index (χ2v) is 5.01. The second-order valence-electron chi connectivity index (χ2n) is 5.01. The lowest BCUT2D eigenvalue weighted by atomic mass is 10.0. The maximum absolute atomic E-state index is 8.79. The van der Waals surface area contributed by atoms with Crippen molar-refractivity contribution >= 4 is 5.84 Å². The van der Waals surface area contributed by atoms with E-state index in [1.54, 1.807) is 6.20 Å². The molecule has 0 saturated heterocycles. The quantitative estimate of drug-likeness (QED) is 0.280. The maximum atomic E-state index is 8.79. The Morgan fingerprint density at radius 1 is 1.40 bits per heavy atom. The van der Waals surface area contributed by atoms with Gasteiger partial charge in [-0.15, -0.1) is 0 Å². The molecule has 4 N–H and O–H groups in total. The first kappa shape index (κ1) is 16.4. The molecule has 0 amide bonds. The maximum Gasteiger partial charge on any atom is 0.189 e. The van der Waals surface area contributed by atoms with E-state index in [9.17, 15) is 0 Å². The van der Waals surface area contributed by atoms with Crippen molar-refractivity contribution in [3.8, 4) is 0 Å². The lowest BCUT2D eigenvalue weighted by molar-refractivity contribution is 0.318. The number of amidine groups is 1. The number of pyridine rings is 1. The summed E-state index contributed by atoms with van der Waals surface area (Å²) in [7, 11) is 0. The second kappa shape index (κ2) is 9.31. The molecule has 0 saturated carbocycles. The van der Waals surface area contributed by atoms with E-state index in [4.69, 9.17) is 10.9 Å². The number of nitrogens with zero attached hydrogens (tertiary/aromatic N) is 2. The third-order valence-electron chi connectivity index (χ3n) is 3.37. The van der Waals surface area contributed by atoms with Crippen molar-refractivity contribution in [3.63, 3.8) is 0 Å². The molecule has 5 nitrogen and oxygen atoms in total. The summed E-state index contributed by atoms with van der Waals surface area (Å²) in [5.41, 5.74) is 7.16. The highest BCUT2D eigenvalue weighted by molar-refractivity contribution is 5.96. The van der Waals surface area contributed by atoms with Gasteiger partial charge in [0.05, 0.1) is 0 Å². The van der Waals surface area contributed by atoms with Gasteiger partial charge in [-0.05, 0) is 24.5 Å². The van der Waals surface area contributed by atoms with Gasteiger partial charge in [-0.1, -0.05) is 44.3 Å². The number of hydrogen-bond donors (Lipinski definition) is 3. The van der Waals surface area contributed by atoms with E-state index in [0.29, 0.717) is 18.3 Å². The molecular formula is C15H26N4O. The fraction of sp³-hybridized carbons (Fsp3) is 0.600. The zero-order chi connectivity index (χ0) is 14.8. The first-order valence-electron chi connectivity index (χ1n) is 7.38. The van der Waals surface area contributed by atoms with Crippen molar-refractivity contribution < 1.29 is 5.21 Å². The molecule has 1 rings (SSSR count). The molecule has 1 aromatic heterocycles. The Morgan fingerprint density at radius 2 is 2.20 bits per heavy atom. The first-order valence-corrected chi connectivity index (χ1v) is 7.38.